The molecule has 33 heavy (non-hydrogen) atoms. The van der Waals surface area contributed by atoms with Crippen LogP contribution in [0.2, 0.25) is 5.15 Å². The largest absolute Gasteiger partial charge is 0.394 e. The second-order valence-electron chi connectivity index (χ2n) is 8.48. The van der Waals surface area contributed by atoms with Crippen LogP contribution in [0.25, 0.3) is 22.0 Å². The monoisotopic (exact) mass is 482 g/mol. The molecule has 0 spiro atoms. The topological polar surface area (TPSA) is 66.9 Å². The summed E-state index contributed by atoms with van der Waals surface area (Å²) in [6.45, 7) is 5.42. The van der Waals surface area contributed by atoms with Crippen LogP contribution in [0.5, 0.6) is 0 Å². The summed E-state index contributed by atoms with van der Waals surface area (Å²) in [4.78, 5) is 20.8. The molecule has 0 unspecified atom stereocenters. The third-order valence-electron chi connectivity index (χ3n) is 5.51. The first kappa shape index (κ1) is 24.7. The number of hydrogen-bond acceptors (Lipinski definition) is 3. The highest BCUT2D eigenvalue weighted by Gasteiger charge is 2.46. The lowest BCUT2D eigenvalue weighted by atomic mass is 9.89. The first-order chi connectivity index (χ1) is 15.3. The van der Waals surface area contributed by atoms with Gasteiger partial charge in [0.05, 0.1) is 16.6 Å². The number of hydrogen-bond donors (Lipinski definition) is 2. The number of fused-ring (bicyclic) bond motifs is 1. The van der Waals surface area contributed by atoms with Crippen LogP contribution < -0.4 is 10.6 Å². The number of alkyl halides is 3. The summed E-state index contributed by atoms with van der Waals surface area (Å²) in [7, 11) is 0. The summed E-state index contributed by atoms with van der Waals surface area (Å²) in [5.74, 6) is -0.665. The molecular weight excluding hydrogens is 460 g/mol. The molecule has 0 saturated carbocycles. The van der Waals surface area contributed by atoms with Crippen molar-refractivity contribution in [3.63, 3.8) is 0 Å². The molecule has 2 aromatic heterocycles. The summed E-state index contributed by atoms with van der Waals surface area (Å²) in [6.07, 6.45) is -3.12. The Morgan fingerprint density at radius 3 is 2.45 bits per heavy atom. The van der Waals surface area contributed by atoms with Crippen molar-refractivity contribution in [2.75, 3.05) is 11.9 Å². The fourth-order valence-electron chi connectivity index (χ4n) is 3.27. The van der Waals surface area contributed by atoms with Crippen LogP contribution in [0, 0.1) is 25.1 Å². The van der Waals surface area contributed by atoms with Gasteiger partial charge < -0.3 is 10.6 Å². The van der Waals surface area contributed by atoms with Crippen molar-refractivity contribution in [2.45, 2.75) is 40.3 Å². The third kappa shape index (κ3) is 5.52. The molecule has 0 saturated heterocycles. The highest BCUT2D eigenvalue weighted by molar-refractivity contribution is 6.30. The van der Waals surface area contributed by atoms with Crippen LogP contribution in [0.15, 0.2) is 30.5 Å². The van der Waals surface area contributed by atoms with Gasteiger partial charge in [-0.3, -0.25) is 4.98 Å². The number of nitrogens with one attached hydrogen (secondary N) is 2. The van der Waals surface area contributed by atoms with E-state index in [0.717, 1.165) is 24.8 Å². The van der Waals surface area contributed by atoms with Crippen LogP contribution in [0.3, 0.4) is 0 Å². The molecule has 0 atom stereocenters. The van der Waals surface area contributed by atoms with Crippen molar-refractivity contribution in [1.82, 2.24) is 15.3 Å². The lowest BCUT2D eigenvalue weighted by Gasteiger charge is -2.27. The van der Waals surface area contributed by atoms with Gasteiger partial charge in [-0.25, -0.2) is 14.2 Å². The maximum atomic E-state index is 14.5. The normalized spacial score (nSPS) is 12.2. The Kier molecular flexibility index (Phi) is 6.83. The second-order valence-corrected chi connectivity index (χ2v) is 8.87. The van der Waals surface area contributed by atoms with E-state index in [0.29, 0.717) is 27.5 Å². The second kappa shape index (κ2) is 9.13. The van der Waals surface area contributed by atoms with Crippen molar-refractivity contribution in [3.05, 3.63) is 52.7 Å². The zero-order valence-corrected chi connectivity index (χ0v) is 19.2. The molecule has 0 aliphatic rings. The molecule has 10 heteroatoms. The van der Waals surface area contributed by atoms with Gasteiger partial charge in [-0.05, 0) is 49.6 Å². The minimum absolute atomic E-state index is 0.100. The maximum Gasteiger partial charge on any atom is 0.394 e. The highest BCUT2D eigenvalue weighted by atomic mass is 35.5. The summed E-state index contributed by atoms with van der Waals surface area (Å²) >= 11 is 5.93. The van der Waals surface area contributed by atoms with Crippen LogP contribution in [-0.4, -0.2) is 28.7 Å². The molecule has 0 radical (unpaired) electrons. The van der Waals surface area contributed by atoms with E-state index in [1.807, 2.05) is 6.07 Å². The van der Waals surface area contributed by atoms with E-state index in [-0.39, 0.29) is 18.7 Å². The summed E-state index contributed by atoms with van der Waals surface area (Å²) in [5, 5.41) is 5.79. The van der Waals surface area contributed by atoms with Crippen molar-refractivity contribution >= 4 is 34.2 Å². The van der Waals surface area contributed by atoms with E-state index in [4.69, 9.17) is 11.6 Å². The highest BCUT2D eigenvalue weighted by Crippen LogP contribution is 2.40. The number of pyridine rings is 2. The molecule has 5 nitrogen and oxygen atoms in total. The van der Waals surface area contributed by atoms with Gasteiger partial charge >= 0.3 is 12.2 Å². The number of carbonyl (C=O) groups is 1. The predicted molar refractivity (Wildman–Crippen MR) is 121 cm³/mol. The number of aromatic nitrogens is 2. The predicted octanol–water partition coefficient (Wildman–Crippen LogP) is 6.81. The Morgan fingerprint density at radius 1 is 1.09 bits per heavy atom. The smallest absolute Gasteiger partial charge is 0.338 e. The van der Waals surface area contributed by atoms with Crippen molar-refractivity contribution in [1.29, 1.82) is 0 Å². The van der Waals surface area contributed by atoms with E-state index >= 15 is 0 Å². The molecule has 0 bridgehead atoms. The molecule has 0 aliphatic heterocycles. The van der Waals surface area contributed by atoms with Crippen molar-refractivity contribution in [2.24, 2.45) is 5.41 Å². The minimum Gasteiger partial charge on any atom is -0.338 e. The van der Waals surface area contributed by atoms with Crippen LogP contribution in [-0.2, 0) is 0 Å². The average molecular weight is 483 g/mol. The zero-order chi connectivity index (χ0) is 24.6. The molecule has 0 fully saturated rings. The lowest BCUT2D eigenvalue weighted by Crippen LogP contribution is -2.37. The molecular formula is C23H23ClF4N4O. The van der Waals surface area contributed by atoms with Gasteiger partial charge in [-0.1, -0.05) is 25.4 Å². The molecule has 2 N–H and O–H groups in total. The van der Waals surface area contributed by atoms with E-state index in [2.05, 4.69) is 20.6 Å². The van der Waals surface area contributed by atoms with Gasteiger partial charge in [0.25, 0.3) is 0 Å². The van der Waals surface area contributed by atoms with Crippen LogP contribution >= 0.6 is 11.6 Å². The lowest BCUT2D eigenvalue weighted by molar-refractivity contribution is -0.213. The SMILES string of the molecule is Cc1cc(F)c(NC(=O)NCCC(C)(C)C(F)(F)F)cc1-c1cc2cnc(Cl)cc2nc1C. The van der Waals surface area contributed by atoms with Gasteiger partial charge in [-0.2, -0.15) is 13.2 Å². The number of benzene rings is 1. The number of halogens is 5. The number of rotatable bonds is 5. The minimum atomic E-state index is -4.39. The Labute approximate surface area is 193 Å². The van der Waals surface area contributed by atoms with E-state index in [1.165, 1.54) is 12.1 Å². The fourth-order valence-corrected chi connectivity index (χ4v) is 3.42. The number of nitrogens with zero attached hydrogens (tertiary/aromatic N) is 2. The molecule has 3 rings (SSSR count). The quantitative estimate of drug-likeness (QED) is 0.310. The number of anilines is 1. The average Bonchev–Trinajstić information content (AvgIpc) is 2.68. The molecule has 176 valence electrons. The Morgan fingerprint density at radius 2 is 1.79 bits per heavy atom. The number of aryl methyl sites for hydroxylation is 2. The summed E-state index contributed by atoms with van der Waals surface area (Å²) in [5.41, 5.74) is 1.27. The van der Waals surface area contributed by atoms with E-state index < -0.39 is 23.4 Å². The van der Waals surface area contributed by atoms with Gasteiger partial charge in [0.1, 0.15) is 11.0 Å². The van der Waals surface area contributed by atoms with Crippen molar-refractivity contribution < 1.29 is 22.4 Å². The Hall–Kier alpha value is -2.94. The number of amides is 2. The van der Waals surface area contributed by atoms with Crippen molar-refractivity contribution in [3.8, 4) is 11.1 Å². The van der Waals surface area contributed by atoms with Crippen LogP contribution in [0.4, 0.5) is 28.0 Å². The van der Waals surface area contributed by atoms with Gasteiger partial charge in [0.15, 0.2) is 0 Å². The van der Waals surface area contributed by atoms with Gasteiger partial charge in [-0.15, -0.1) is 0 Å². The molecule has 1 aromatic carbocycles. The van der Waals surface area contributed by atoms with Gasteiger partial charge in [0, 0.05) is 35.5 Å². The summed E-state index contributed by atoms with van der Waals surface area (Å²) in [6, 6.07) is 5.45. The van der Waals surface area contributed by atoms with Gasteiger partial charge in [0.2, 0.25) is 0 Å². The molecule has 2 amide bonds. The Bertz CT molecular complexity index is 1210. The van der Waals surface area contributed by atoms with E-state index in [9.17, 15) is 22.4 Å². The number of carbonyl (C=O) groups excluding carboxylic acids is 1. The number of urea groups is 1. The first-order valence-corrected chi connectivity index (χ1v) is 10.5. The molecule has 3 aromatic rings. The standard InChI is InChI=1S/C23H23ClF4N4O/c1-12-7-17(25)19(32-21(33)29-6-5-22(3,4)23(26,27)28)9-15(12)16-8-14-11-30-20(24)10-18(14)31-13(16)2/h7-11H,5-6H2,1-4H3,(H2,29,32,33). The summed E-state index contributed by atoms with van der Waals surface area (Å²) < 4.78 is 53.4. The third-order valence-corrected chi connectivity index (χ3v) is 5.72. The van der Waals surface area contributed by atoms with E-state index in [1.54, 1.807) is 26.1 Å². The zero-order valence-electron chi connectivity index (χ0n) is 18.5. The maximum absolute atomic E-state index is 14.5. The molecule has 0 aliphatic carbocycles. The fraction of sp³-hybridized carbons (Fsp3) is 0.348. The first-order valence-electron chi connectivity index (χ1n) is 10.1. The molecule has 2 heterocycles. The van der Waals surface area contributed by atoms with Crippen LogP contribution in [0.1, 0.15) is 31.5 Å². The Balaban J connectivity index is 1.82.